The largest absolute Gasteiger partial charge is 0.371 e. The van der Waals surface area contributed by atoms with E-state index in [-0.39, 0.29) is 0 Å². The monoisotopic (exact) mass is 260 g/mol. The van der Waals surface area contributed by atoms with Gasteiger partial charge in [-0.1, -0.05) is 38.0 Å². The van der Waals surface area contributed by atoms with Gasteiger partial charge in [-0.3, -0.25) is 0 Å². The number of benzene rings is 1. The molecule has 0 aromatic heterocycles. The first kappa shape index (κ1) is 14.4. The molecule has 0 bridgehead atoms. The molecule has 0 aliphatic carbocycles. The Kier molecular flexibility index (Phi) is 5.71. The molecule has 1 aromatic rings. The van der Waals surface area contributed by atoms with E-state index in [0.717, 1.165) is 6.54 Å². The molecule has 2 rings (SSSR count). The lowest BCUT2D eigenvalue weighted by Gasteiger charge is -2.28. The molecular weight excluding hydrogens is 232 g/mol. The standard InChI is InChI=1S/C17H28N2/c1-3-12-18-15(2)16-10-6-7-11-17(16)19-13-8-4-5-9-14-19/h6-7,10-11,15,18H,3-5,8-9,12-14H2,1-2H3. The molecule has 2 heteroatoms. The van der Waals surface area contributed by atoms with Crippen LogP contribution in [0.4, 0.5) is 5.69 Å². The van der Waals surface area contributed by atoms with Gasteiger partial charge in [0.15, 0.2) is 0 Å². The summed E-state index contributed by atoms with van der Waals surface area (Å²) in [7, 11) is 0. The Morgan fingerprint density at radius 2 is 1.79 bits per heavy atom. The maximum absolute atomic E-state index is 3.62. The van der Waals surface area contributed by atoms with Gasteiger partial charge < -0.3 is 10.2 Å². The Hall–Kier alpha value is -1.02. The zero-order chi connectivity index (χ0) is 13.5. The van der Waals surface area contributed by atoms with Gasteiger partial charge in [-0.05, 0) is 44.4 Å². The molecule has 2 nitrogen and oxygen atoms in total. The predicted octanol–water partition coefficient (Wildman–Crippen LogP) is 4.13. The van der Waals surface area contributed by atoms with Crippen LogP contribution in [-0.2, 0) is 0 Å². The van der Waals surface area contributed by atoms with Crippen LogP contribution in [0.5, 0.6) is 0 Å². The Labute approximate surface area is 118 Å². The van der Waals surface area contributed by atoms with Gasteiger partial charge in [0, 0.05) is 24.8 Å². The molecule has 1 aliphatic rings. The summed E-state index contributed by atoms with van der Waals surface area (Å²) in [6, 6.07) is 9.37. The van der Waals surface area contributed by atoms with Crippen molar-refractivity contribution >= 4 is 5.69 Å². The Morgan fingerprint density at radius 1 is 1.11 bits per heavy atom. The van der Waals surface area contributed by atoms with Crippen LogP contribution in [0, 0.1) is 0 Å². The molecule has 1 fully saturated rings. The van der Waals surface area contributed by atoms with Crippen LogP contribution in [0.2, 0.25) is 0 Å². The fraction of sp³-hybridized carbons (Fsp3) is 0.647. The van der Waals surface area contributed by atoms with Gasteiger partial charge in [-0.2, -0.15) is 0 Å². The quantitative estimate of drug-likeness (QED) is 0.856. The number of hydrogen-bond acceptors (Lipinski definition) is 2. The minimum atomic E-state index is 0.444. The van der Waals surface area contributed by atoms with Crippen molar-refractivity contribution in [2.24, 2.45) is 0 Å². The molecule has 1 aliphatic heterocycles. The maximum atomic E-state index is 3.62. The van der Waals surface area contributed by atoms with Gasteiger partial charge in [0.2, 0.25) is 0 Å². The van der Waals surface area contributed by atoms with Crippen molar-refractivity contribution in [2.75, 3.05) is 24.5 Å². The highest BCUT2D eigenvalue weighted by Gasteiger charge is 2.16. The second kappa shape index (κ2) is 7.54. The third-order valence-corrected chi connectivity index (χ3v) is 4.05. The third kappa shape index (κ3) is 3.97. The van der Waals surface area contributed by atoms with Crippen molar-refractivity contribution in [3.63, 3.8) is 0 Å². The zero-order valence-corrected chi connectivity index (χ0v) is 12.5. The Morgan fingerprint density at radius 3 is 2.47 bits per heavy atom. The van der Waals surface area contributed by atoms with Crippen molar-refractivity contribution in [1.82, 2.24) is 5.32 Å². The van der Waals surface area contributed by atoms with Gasteiger partial charge in [-0.25, -0.2) is 0 Å². The van der Waals surface area contributed by atoms with Gasteiger partial charge >= 0.3 is 0 Å². The van der Waals surface area contributed by atoms with Crippen molar-refractivity contribution in [1.29, 1.82) is 0 Å². The molecule has 1 aromatic carbocycles. The van der Waals surface area contributed by atoms with Crippen molar-refractivity contribution in [2.45, 2.75) is 52.0 Å². The van der Waals surface area contributed by atoms with E-state index in [0.29, 0.717) is 6.04 Å². The number of nitrogens with one attached hydrogen (secondary N) is 1. The summed E-state index contributed by atoms with van der Waals surface area (Å²) in [6.07, 6.45) is 6.65. The summed E-state index contributed by atoms with van der Waals surface area (Å²) < 4.78 is 0. The number of hydrogen-bond donors (Lipinski definition) is 1. The smallest absolute Gasteiger partial charge is 0.0414 e. The SMILES string of the molecule is CCCNC(C)c1ccccc1N1CCCCCC1. The first-order valence-corrected chi connectivity index (χ1v) is 7.90. The van der Waals surface area contributed by atoms with Crippen molar-refractivity contribution < 1.29 is 0 Å². The lowest BCUT2D eigenvalue weighted by atomic mass is 10.0. The van der Waals surface area contributed by atoms with E-state index in [2.05, 4.69) is 48.3 Å². The Bertz CT molecular complexity index is 367. The molecule has 0 spiro atoms. The highest BCUT2D eigenvalue weighted by atomic mass is 15.1. The average Bonchev–Trinajstić information content (AvgIpc) is 2.73. The molecule has 1 N–H and O–H groups in total. The van der Waals surface area contributed by atoms with Crippen LogP contribution in [0.3, 0.4) is 0 Å². The van der Waals surface area contributed by atoms with E-state index >= 15 is 0 Å². The van der Waals surface area contributed by atoms with Crippen LogP contribution < -0.4 is 10.2 Å². The average molecular weight is 260 g/mol. The molecule has 1 saturated heterocycles. The minimum absolute atomic E-state index is 0.444. The number of rotatable bonds is 5. The fourth-order valence-electron chi connectivity index (χ4n) is 2.92. The minimum Gasteiger partial charge on any atom is -0.371 e. The second-order valence-electron chi connectivity index (χ2n) is 5.64. The topological polar surface area (TPSA) is 15.3 Å². The predicted molar refractivity (Wildman–Crippen MR) is 83.8 cm³/mol. The molecule has 0 saturated carbocycles. The van der Waals surface area contributed by atoms with Crippen molar-refractivity contribution in [3.8, 4) is 0 Å². The first-order valence-electron chi connectivity index (χ1n) is 7.90. The van der Waals surface area contributed by atoms with Gasteiger partial charge in [0.1, 0.15) is 0 Å². The summed E-state index contributed by atoms with van der Waals surface area (Å²) in [6.45, 7) is 8.04. The normalized spacial score (nSPS) is 18.1. The summed E-state index contributed by atoms with van der Waals surface area (Å²) >= 11 is 0. The summed E-state index contributed by atoms with van der Waals surface area (Å²) in [4.78, 5) is 2.59. The molecule has 1 heterocycles. The Balaban J connectivity index is 2.14. The maximum Gasteiger partial charge on any atom is 0.0414 e. The number of para-hydroxylation sites is 1. The van der Waals surface area contributed by atoms with E-state index in [4.69, 9.17) is 0 Å². The molecule has 1 unspecified atom stereocenters. The number of nitrogens with zero attached hydrogens (tertiary/aromatic N) is 1. The van der Waals surface area contributed by atoms with Gasteiger partial charge in [0.25, 0.3) is 0 Å². The highest BCUT2D eigenvalue weighted by Crippen LogP contribution is 2.28. The molecule has 106 valence electrons. The first-order chi connectivity index (χ1) is 9.33. The van der Waals surface area contributed by atoms with E-state index in [9.17, 15) is 0 Å². The van der Waals surface area contributed by atoms with Crippen LogP contribution >= 0.6 is 0 Å². The molecule has 19 heavy (non-hydrogen) atoms. The van der Waals surface area contributed by atoms with Gasteiger partial charge in [0.05, 0.1) is 0 Å². The van der Waals surface area contributed by atoms with E-state index < -0.39 is 0 Å². The van der Waals surface area contributed by atoms with E-state index in [1.165, 1.54) is 56.4 Å². The van der Waals surface area contributed by atoms with Crippen LogP contribution in [0.1, 0.15) is 57.6 Å². The van der Waals surface area contributed by atoms with Gasteiger partial charge in [-0.15, -0.1) is 0 Å². The van der Waals surface area contributed by atoms with Crippen LogP contribution in [-0.4, -0.2) is 19.6 Å². The molecule has 0 amide bonds. The second-order valence-corrected chi connectivity index (χ2v) is 5.64. The lowest BCUT2D eigenvalue weighted by molar-refractivity contribution is 0.569. The summed E-state index contributed by atoms with van der Waals surface area (Å²) in [5.41, 5.74) is 2.90. The molecule has 1 atom stereocenters. The molecular formula is C17H28N2. The summed E-state index contributed by atoms with van der Waals surface area (Å²) in [5, 5.41) is 3.62. The van der Waals surface area contributed by atoms with E-state index in [1.807, 2.05) is 0 Å². The molecule has 0 radical (unpaired) electrons. The van der Waals surface area contributed by atoms with Crippen LogP contribution in [0.25, 0.3) is 0 Å². The van der Waals surface area contributed by atoms with E-state index in [1.54, 1.807) is 0 Å². The van der Waals surface area contributed by atoms with Crippen molar-refractivity contribution in [3.05, 3.63) is 29.8 Å². The highest BCUT2D eigenvalue weighted by molar-refractivity contribution is 5.55. The summed E-state index contributed by atoms with van der Waals surface area (Å²) in [5.74, 6) is 0. The fourth-order valence-corrected chi connectivity index (χ4v) is 2.92. The number of anilines is 1. The third-order valence-electron chi connectivity index (χ3n) is 4.05. The lowest BCUT2D eigenvalue weighted by Crippen LogP contribution is -2.27. The van der Waals surface area contributed by atoms with Crippen LogP contribution in [0.15, 0.2) is 24.3 Å². The zero-order valence-electron chi connectivity index (χ0n) is 12.5.